The number of carbonyl (C=O) groups excluding carboxylic acids is 1. The SMILES string of the molecule is C.O.O=C(Nc1ccc(S(=O)N(Cc2ccccc2)Cc2ccccc2)[nH]1)N1N=C(c2cccnc2)CC1c1ccccc1O. The first-order chi connectivity index (χ1) is 21.0. The third-order valence-corrected chi connectivity index (χ3v) is 8.48. The van der Waals surface area contributed by atoms with Gasteiger partial charge in [-0.25, -0.2) is 18.3 Å². The van der Waals surface area contributed by atoms with Gasteiger partial charge in [0.25, 0.3) is 0 Å². The zero-order valence-electron chi connectivity index (χ0n) is 23.7. The molecule has 5 aromatic rings. The van der Waals surface area contributed by atoms with E-state index >= 15 is 0 Å². The van der Waals surface area contributed by atoms with Crippen molar-refractivity contribution in [3.8, 4) is 5.75 Å². The highest BCUT2D eigenvalue weighted by molar-refractivity contribution is 7.82. The number of H-pyrrole nitrogens is 1. The number of aromatic nitrogens is 2. The number of rotatable bonds is 9. The molecule has 2 unspecified atom stereocenters. The van der Waals surface area contributed by atoms with Gasteiger partial charge in [-0.15, -0.1) is 0 Å². The molecule has 6 rings (SSSR count). The monoisotopic (exact) mass is 624 g/mol. The van der Waals surface area contributed by atoms with Crippen LogP contribution < -0.4 is 5.32 Å². The van der Waals surface area contributed by atoms with Crippen LogP contribution in [-0.2, 0) is 24.1 Å². The van der Waals surface area contributed by atoms with Crippen molar-refractivity contribution in [3.63, 3.8) is 0 Å². The largest absolute Gasteiger partial charge is 0.508 e. The number of carbonyl (C=O) groups is 1. The van der Waals surface area contributed by atoms with Crippen LogP contribution in [0.25, 0.3) is 0 Å². The van der Waals surface area contributed by atoms with E-state index in [2.05, 4.69) is 20.4 Å². The van der Waals surface area contributed by atoms with Gasteiger partial charge in [0.05, 0.1) is 11.8 Å². The fourth-order valence-electron chi connectivity index (χ4n) is 5.03. The molecule has 2 atom stereocenters. The quantitative estimate of drug-likeness (QED) is 0.184. The normalized spacial score (nSPS) is 14.6. The molecule has 0 saturated heterocycles. The average molecular weight is 625 g/mol. The molecule has 1 aliphatic heterocycles. The lowest BCUT2D eigenvalue weighted by Gasteiger charge is -2.23. The maximum atomic E-state index is 13.8. The first-order valence-corrected chi connectivity index (χ1v) is 15.0. The number of anilines is 1. The number of hydrazone groups is 1. The van der Waals surface area contributed by atoms with Crippen LogP contribution in [0.3, 0.4) is 0 Å². The number of hydrogen-bond donors (Lipinski definition) is 3. The van der Waals surface area contributed by atoms with E-state index in [0.29, 0.717) is 41.6 Å². The molecule has 10 nitrogen and oxygen atoms in total. The van der Waals surface area contributed by atoms with E-state index in [0.717, 1.165) is 16.7 Å². The van der Waals surface area contributed by atoms with Gasteiger partial charge in [0, 0.05) is 43.0 Å². The number of hydrogen-bond acceptors (Lipinski definition) is 5. The molecule has 0 saturated carbocycles. The minimum Gasteiger partial charge on any atom is -0.508 e. The van der Waals surface area contributed by atoms with Gasteiger partial charge in [0.1, 0.15) is 27.6 Å². The van der Waals surface area contributed by atoms with Crippen molar-refractivity contribution in [2.24, 2.45) is 5.10 Å². The van der Waals surface area contributed by atoms with Gasteiger partial charge in [0.15, 0.2) is 0 Å². The fraction of sp³-hybridized carbons (Fsp3) is 0.147. The van der Waals surface area contributed by atoms with Crippen molar-refractivity contribution >= 4 is 28.5 Å². The number of benzene rings is 3. The van der Waals surface area contributed by atoms with Crippen molar-refractivity contribution < 1.29 is 19.6 Å². The number of nitrogens with one attached hydrogen (secondary N) is 2. The van der Waals surface area contributed by atoms with Crippen LogP contribution in [0.2, 0.25) is 0 Å². The molecule has 11 heteroatoms. The highest BCUT2D eigenvalue weighted by atomic mass is 32.2. The lowest BCUT2D eigenvalue weighted by Crippen LogP contribution is -2.31. The second-order valence-corrected chi connectivity index (χ2v) is 11.6. The highest BCUT2D eigenvalue weighted by Gasteiger charge is 2.35. The topological polar surface area (TPSA) is 145 Å². The van der Waals surface area contributed by atoms with Gasteiger partial charge in [0.2, 0.25) is 0 Å². The Balaban J connectivity index is 0.00000230. The van der Waals surface area contributed by atoms with E-state index in [1.165, 1.54) is 5.01 Å². The lowest BCUT2D eigenvalue weighted by molar-refractivity contribution is 0.199. The number of pyridine rings is 1. The Morgan fingerprint density at radius 3 is 2.18 bits per heavy atom. The van der Waals surface area contributed by atoms with Gasteiger partial charge < -0.3 is 15.6 Å². The Hall–Kier alpha value is -5.10. The zero-order chi connectivity index (χ0) is 29.6. The summed E-state index contributed by atoms with van der Waals surface area (Å²) in [6, 6.07) is 32.8. The van der Waals surface area contributed by atoms with Crippen LogP contribution in [0.1, 0.15) is 42.1 Å². The number of aromatic amines is 1. The Morgan fingerprint density at radius 1 is 0.911 bits per heavy atom. The van der Waals surface area contributed by atoms with E-state index in [1.54, 1.807) is 42.7 Å². The fourth-order valence-corrected chi connectivity index (χ4v) is 6.22. The highest BCUT2D eigenvalue weighted by Crippen LogP contribution is 2.37. The minimum atomic E-state index is -1.54. The molecule has 2 amide bonds. The predicted octanol–water partition coefficient (Wildman–Crippen LogP) is 6.03. The standard InChI is InChI=1S/C33H30N6O3S.CH4.H2O/c40-30-16-8-7-15-27(30)29-20-28(26-14-9-19-34-21-26)37-39(29)33(41)36-31-17-18-32(35-31)43(42)38(22-24-10-3-1-4-11-24)23-25-12-5-2-6-13-25;;/h1-19,21,29,35,40H,20,22-23H2,(H,36,41);1H4;1H2. The van der Waals surface area contributed by atoms with Crippen LogP contribution in [0.15, 0.2) is 132 Å². The Kier molecular flexibility index (Phi) is 11.0. The molecule has 0 fully saturated rings. The predicted molar refractivity (Wildman–Crippen MR) is 177 cm³/mol. The molecule has 0 bridgehead atoms. The van der Waals surface area contributed by atoms with Crippen molar-refractivity contribution in [2.45, 2.75) is 38.0 Å². The molecule has 3 aromatic carbocycles. The Bertz CT molecular complexity index is 1710. The molecular weight excluding hydrogens is 588 g/mol. The summed E-state index contributed by atoms with van der Waals surface area (Å²) in [5.74, 6) is 0.469. The van der Waals surface area contributed by atoms with Crippen LogP contribution in [0.4, 0.5) is 10.6 Å². The number of phenols is 1. The molecule has 3 heterocycles. The molecule has 0 spiro atoms. The molecule has 0 radical (unpaired) electrons. The zero-order valence-corrected chi connectivity index (χ0v) is 24.5. The summed E-state index contributed by atoms with van der Waals surface area (Å²) in [6.45, 7) is 0.954. The maximum absolute atomic E-state index is 13.8. The minimum absolute atomic E-state index is 0. The van der Waals surface area contributed by atoms with Crippen LogP contribution in [0.5, 0.6) is 5.75 Å². The first kappa shape index (κ1) is 32.8. The number of aromatic hydroxyl groups is 1. The summed E-state index contributed by atoms with van der Waals surface area (Å²) >= 11 is 0. The van der Waals surface area contributed by atoms with Gasteiger partial charge in [-0.1, -0.05) is 92.4 Å². The summed E-state index contributed by atoms with van der Waals surface area (Å²) in [7, 11) is -1.54. The number of urea groups is 1. The molecule has 0 aliphatic carbocycles. The lowest BCUT2D eigenvalue weighted by atomic mass is 9.98. The number of phenolic OH excluding ortho intramolecular Hbond substituents is 1. The molecule has 45 heavy (non-hydrogen) atoms. The summed E-state index contributed by atoms with van der Waals surface area (Å²) < 4.78 is 15.7. The van der Waals surface area contributed by atoms with E-state index in [9.17, 15) is 14.1 Å². The average Bonchev–Trinajstić information content (AvgIpc) is 3.70. The smallest absolute Gasteiger partial charge is 0.343 e. The molecule has 5 N–H and O–H groups in total. The van der Waals surface area contributed by atoms with E-state index in [4.69, 9.17) is 0 Å². The third kappa shape index (κ3) is 7.71. The second-order valence-electron chi connectivity index (χ2n) is 10.1. The van der Waals surface area contributed by atoms with Gasteiger partial charge in [-0.2, -0.15) is 5.10 Å². The summed E-state index contributed by atoms with van der Waals surface area (Å²) in [4.78, 5) is 20.9. The molecule has 2 aromatic heterocycles. The van der Waals surface area contributed by atoms with Crippen LogP contribution >= 0.6 is 0 Å². The van der Waals surface area contributed by atoms with Crippen LogP contribution in [-0.4, -0.2) is 45.8 Å². The number of para-hydroxylation sites is 1. The molecule has 1 aliphatic rings. The van der Waals surface area contributed by atoms with Crippen molar-refractivity contribution in [1.29, 1.82) is 0 Å². The van der Waals surface area contributed by atoms with E-state index in [1.807, 2.05) is 83.2 Å². The van der Waals surface area contributed by atoms with Gasteiger partial charge in [-0.3, -0.25) is 10.3 Å². The van der Waals surface area contributed by atoms with E-state index < -0.39 is 23.1 Å². The first-order valence-electron chi connectivity index (χ1n) is 13.8. The number of nitrogens with zero attached hydrogens (tertiary/aromatic N) is 4. The van der Waals surface area contributed by atoms with Crippen molar-refractivity contribution in [1.82, 2.24) is 19.3 Å². The van der Waals surface area contributed by atoms with Crippen molar-refractivity contribution in [3.05, 3.63) is 144 Å². The Morgan fingerprint density at radius 2 is 1.56 bits per heavy atom. The third-order valence-electron chi connectivity index (χ3n) is 7.14. The maximum Gasteiger partial charge on any atom is 0.343 e. The second kappa shape index (κ2) is 15.1. The molecular formula is C34H36N6O4S. The Labute approximate surface area is 265 Å². The van der Waals surface area contributed by atoms with Gasteiger partial charge >= 0.3 is 6.03 Å². The van der Waals surface area contributed by atoms with Crippen molar-refractivity contribution in [2.75, 3.05) is 5.32 Å². The molecule has 232 valence electrons. The summed E-state index contributed by atoms with van der Waals surface area (Å²) in [6.07, 6.45) is 3.79. The summed E-state index contributed by atoms with van der Waals surface area (Å²) in [5.41, 5.74) is 4.15. The summed E-state index contributed by atoms with van der Waals surface area (Å²) in [5, 5.41) is 19.9. The van der Waals surface area contributed by atoms with Crippen LogP contribution in [0, 0.1) is 0 Å². The van der Waals surface area contributed by atoms with E-state index in [-0.39, 0.29) is 18.7 Å². The number of amides is 2. The van der Waals surface area contributed by atoms with Gasteiger partial charge in [-0.05, 0) is 35.4 Å².